The van der Waals surface area contributed by atoms with Crippen LogP contribution in [0.4, 0.5) is 8.78 Å². The molecular weight excluding hydrogens is 238 g/mol. The van der Waals surface area contributed by atoms with E-state index < -0.39 is 11.6 Å². The first kappa shape index (κ1) is 14.6. The van der Waals surface area contributed by atoms with Gasteiger partial charge in [0.05, 0.1) is 0 Å². The van der Waals surface area contributed by atoms with Gasteiger partial charge in [-0.2, -0.15) is 0 Å². The molecule has 0 heterocycles. The van der Waals surface area contributed by atoms with Crippen LogP contribution in [-0.4, -0.2) is 23.9 Å². The highest BCUT2D eigenvalue weighted by molar-refractivity contribution is 5.76. The van der Waals surface area contributed by atoms with E-state index in [4.69, 9.17) is 5.73 Å². The molecular formula is C13H18F2N2O. The van der Waals surface area contributed by atoms with Gasteiger partial charge in [-0.05, 0) is 12.5 Å². The summed E-state index contributed by atoms with van der Waals surface area (Å²) in [7, 11) is 1.58. The van der Waals surface area contributed by atoms with Crippen LogP contribution in [0.1, 0.15) is 25.3 Å². The summed E-state index contributed by atoms with van der Waals surface area (Å²) >= 11 is 0. The van der Waals surface area contributed by atoms with E-state index in [1.165, 1.54) is 17.0 Å². The molecule has 0 aromatic heterocycles. The Morgan fingerprint density at radius 3 is 2.67 bits per heavy atom. The molecule has 5 heteroatoms. The van der Waals surface area contributed by atoms with Crippen molar-refractivity contribution in [3.8, 4) is 0 Å². The Labute approximate surface area is 106 Å². The highest BCUT2D eigenvalue weighted by Gasteiger charge is 2.14. The number of rotatable bonds is 5. The van der Waals surface area contributed by atoms with Crippen LogP contribution in [0.5, 0.6) is 0 Å². The fraction of sp³-hybridized carbons (Fsp3) is 0.462. The molecule has 1 aromatic rings. The first-order valence-electron chi connectivity index (χ1n) is 5.87. The highest BCUT2D eigenvalue weighted by atomic mass is 19.1. The molecule has 0 aliphatic rings. The average molecular weight is 256 g/mol. The summed E-state index contributed by atoms with van der Waals surface area (Å²) in [5.41, 5.74) is 5.97. The van der Waals surface area contributed by atoms with Gasteiger partial charge >= 0.3 is 0 Å². The van der Waals surface area contributed by atoms with Crippen LogP contribution in [0, 0.1) is 11.6 Å². The lowest BCUT2D eigenvalue weighted by atomic mass is 10.1. The van der Waals surface area contributed by atoms with Gasteiger partial charge in [-0.3, -0.25) is 4.79 Å². The molecule has 1 rings (SSSR count). The molecule has 0 radical (unpaired) electrons. The molecule has 0 saturated heterocycles. The monoisotopic (exact) mass is 256 g/mol. The van der Waals surface area contributed by atoms with Crippen molar-refractivity contribution in [1.82, 2.24) is 4.90 Å². The van der Waals surface area contributed by atoms with Crippen LogP contribution in [0.2, 0.25) is 0 Å². The van der Waals surface area contributed by atoms with E-state index in [2.05, 4.69) is 0 Å². The molecule has 0 bridgehead atoms. The normalized spacial score (nSPS) is 12.3. The Hall–Kier alpha value is -1.49. The van der Waals surface area contributed by atoms with Crippen molar-refractivity contribution in [3.63, 3.8) is 0 Å². The molecule has 0 aliphatic heterocycles. The quantitative estimate of drug-likeness (QED) is 0.876. The number of carbonyl (C=O) groups excluding carboxylic acids is 1. The molecule has 0 spiro atoms. The number of carbonyl (C=O) groups is 1. The van der Waals surface area contributed by atoms with Gasteiger partial charge < -0.3 is 10.6 Å². The van der Waals surface area contributed by atoms with Crippen molar-refractivity contribution in [3.05, 3.63) is 35.4 Å². The zero-order valence-electron chi connectivity index (χ0n) is 10.6. The van der Waals surface area contributed by atoms with Crippen molar-refractivity contribution in [1.29, 1.82) is 0 Å². The summed E-state index contributed by atoms with van der Waals surface area (Å²) < 4.78 is 26.1. The fourth-order valence-electron chi connectivity index (χ4n) is 1.52. The van der Waals surface area contributed by atoms with Gasteiger partial charge in [-0.15, -0.1) is 0 Å². The number of nitrogens with two attached hydrogens (primary N) is 1. The Morgan fingerprint density at radius 2 is 2.11 bits per heavy atom. The van der Waals surface area contributed by atoms with Crippen molar-refractivity contribution >= 4 is 5.91 Å². The summed E-state index contributed by atoms with van der Waals surface area (Å²) in [6, 6.07) is 3.15. The molecule has 100 valence electrons. The molecule has 0 saturated carbocycles. The smallest absolute Gasteiger partial charge is 0.224 e. The lowest BCUT2D eigenvalue weighted by Gasteiger charge is -2.19. The second-order valence-corrected chi connectivity index (χ2v) is 4.36. The number of benzene rings is 1. The van der Waals surface area contributed by atoms with Crippen LogP contribution in [0.3, 0.4) is 0 Å². The van der Waals surface area contributed by atoms with E-state index in [9.17, 15) is 13.6 Å². The maximum atomic E-state index is 13.4. The topological polar surface area (TPSA) is 46.3 Å². The lowest BCUT2D eigenvalue weighted by molar-refractivity contribution is -0.130. The van der Waals surface area contributed by atoms with E-state index in [0.717, 1.165) is 6.07 Å². The summed E-state index contributed by atoms with van der Waals surface area (Å²) in [5, 5.41) is 0. The SMILES string of the molecule is CCC(N)CC(=O)N(C)Cc1ccc(F)cc1F. The Balaban J connectivity index is 2.63. The number of hydrogen-bond acceptors (Lipinski definition) is 2. The van der Waals surface area contributed by atoms with Crippen LogP contribution < -0.4 is 5.73 Å². The van der Waals surface area contributed by atoms with Crippen LogP contribution in [0.25, 0.3) is 0 Å². The first-order chi connectivity index (χ1) is 8.43. The molecule has 0 fully saturated rings. The molecule has 2 N–H and O–H groups in total. The molecule has 1 unspecified atom stereocenters. The number of nitrogens with zero attached hydrogens (tertiary/aromatic N) is 1. The zero-order valence-corrected chi connectivity index (χ0v) is 10.6. The van der Waals surface area contributed by atoms with Gasteiger partial charge in [-0.1, -0.05) is 13.0 Å². The Bertz CT molecular complexity index is 423. The Morgan fingerprint density at radius 1 is 1.44 bits per heavy atom. The summed E-state index contributed by atoms with van der Waals surface area (Å²) in [5.74, 6) is -1.42. The number of hydrogen-bond donors (Lipinski definition) is 1. The predicted molar refractivity (Wildman–Crippen MR) is 65.7 cm³/mol. The van der Waals surface area contributed by atoms with Crippen molar-refractivity contribution in [2.24, 2.45) is 5.73 Å². The minimum atomic E-state index is -0.644. The van der Waals surface area contributed by atoms with Gasteiger partial charge in [0, 0.05) is 37.7 Å². The molecule has 3 nitrogen and oxygen atoms in total. The van der Waals surface area contributed by atoms with Crippen LogP contribution >= 0.6 is 0 Å². The second-order valence-electron chi connectivity index (χ2n) is 4.36. The Kier molecular flexibility index (Phi) is 5.22. The standard InChI is InChI=1S/C13H18F2N2O/c1-3-11(16)7-13(18)17(2)8-9-4-5-10(14)6-12(9)15/h4-6,11H,3,7-8,16H2,1-2H3. The van der Waals surface area contributed by atoms with Gasteiger partial charge in [0.1, 0.15) is 11.6 Å². The number of halogens is 2. The fourth-order valence-corrected chi connectivity index (χ4v) is 1.52. The van der Waals surface area contributed by atoms with Gasteiger partial charge in [0.15, 0.2) is 0 Å². The van der Waals surface area contributed by atoms with E-state index in [0.29, 0.717) is 6.42 Å². The third-order valence-corrected chi connectivity index (χ3v) is 2.81. The first-order valence-corrected chi connectivity index (χ1v) is 5.87. The minimum Gasteiger partial charge on any atom is -0.341 e. The van der Waals surface area contributed by atoms with E-state index >= 15 is 0 Å². The maximum absolute atomic E-state index is 13.4. The maximum Gasteiger partial charge on any atom is 0.224 e. The van der Waals surface area contributed by atoms with Crippen molar-refractivity contribution < 1.29 is 13.6 Å². The second kappa shape index (κ2) is 6.44. The molecule has 0 aliphatic carbocycles. The third-order valence-electron chi connectivity index (χ3n) is 2.81. The molecule has 18 heavy (non-hydrogen) atoms. The van der Waals surface area contributed by atoms with Crippen molar-refractivity contribution in [2.45, 2.75) is 32.4 Å². The van der Waals surface area contributed by atoms with E-state index in [1.54, 1.807) is 7.05 Å². The molecule has 1 amide bonds. The summed E-state index contributed by atoms with van der Waals surface area (Å²) in [6.07, 6.45) is 0.945. The largest absolute Gasteiger partial charge is 0.341 e. The highest BCUT2D eigenvalue weighted by Crippen LogP contribution is 2.12. The predicted octanol–water partition coefficient (Wildman–Crippen LogP) is 2.05. The summed E-state index contributed by atoms with van der Waals surface area (Å²) in [6.45, 7) is 2.01. The van der Waals surface area contributed by atoms with Crippen molar-refractivity contribution in [2.75, 3.05) is 7.05 Å². The van der Waals surface area contributed by atoms with Gasteiger partial charge in [-0.25, -0.2) is 8.78 Å². The van der Waals surface area contributed by atoms with Crippen LogP contribution in [0.15, 0.2) is 18.2 Å². The third kappa shape index (κ3) is 4.07. The summed E-state index contributed by atoms with van der Waals surface area (Å²) in [4.78, 5) is 13.1. The lowest BCUT2D eigenvalue weighted by Crippen LogP contribution is -2.32. The average Bonchev–Trinajstić information content (AvgIpc) is 2.32. The minimum absolute atomic E-state index is 0.112. The van der Waals surface area contributed by atoms with Crippen LogP contribution in [-0.2, 0) is 11.3 Å². The molecule has 1 atom stereocenters. The van der Waals surface area contributed by atoms with E-state index in [1.807, 2.05) is 6.92 Å². The van der Waals surface area contributed by atoms with Gasteiger partial charge in [0.2, 0.25) is 5.91 Å². The number of amides is 1. The van der Waals surface area contributed by atoms with Gasteiger partial charge in [0.25, 0.3) is 0 Å². The molecule has 1 aromatic carbocycles. The zero-order chi connectivity index (χ0) is 13.7. The van der Waals surface area contributed by atoms with E-state index in [-0.39, 0.29) is 30.5 Å².